The molecule has 6 nitrogen and oxygen atoms in total. The average molecular weight is 324 g/mol. The number of nitrogens with zero attached hydrogens (tertiary/aromatic N) is 2. The van der Waals surface area contributed by atoms with E-state index in [2.05, 4.69) is 20.6 Å². The standard InChI is InChI=1S/C13H16N4O2S2/c1-8(2)5-14-13(19)17-10(18)6-21-12-11-9(3-4-20-11)15-7-16-12/h3-4,7-8H,5-6H2,1-2H3,(H2,14,17,18,19). The minimum atomic E-state index is -0.460. The molecule has 2 rings (SSSR count). The predicted molar refractivity (Wildman–Crippen MR) is 84.5 cm³/mol. The number of nitrogens with one attached hydrogen (secondary N) is 2. The fourth-order valence-electron chi connectivity index (χ4n) is 1.51. The van der Waals surface area contributed by atoms with Gasteiger partial charge in [0.15, 0.2) is 0 Å². The Balaban J connectivity index is 1.84. The quantitative estimate of drug-likeness (QED) is 0.651. The highest BCUT2D eigenvalue weighted by Gasteiger charge is 2.11. The van der Waals surface area contributed by atoms with Crippen molar-refractivity contribution in [2.75, 3.05) is 12.3 Å². The van der Waals surface area contributed by atoms with E-state index >= 15 is 0 Å². The summed E-state index contributed by atoms with van der Waals surface area (Å²) >= 11 is 2.83. The Hall–Kier alpha value is -1.67. The maximum absolute atomic E-state index is 11.7. The molecule has 0 saturated heterocycles. The van der Waals surface area contributed by atoms with Gasteiger partial charge in [0.25, 0.3) is 0 Å². The second kappa shape index (κ2) is 7.37. The van der Waals surface area contributed by atoms with Gasteiger partial charge in [0.2, 0.25) is 5.91 Å². The zero-order valence-corrected chi connectivity index (χ0v) is 13.4. The number of thiophene rings is 1. The molecule has 8 heteroatoms. The van der Waals surface area contributed by atoms with Crippen molar-refractivity contribution in [2.45, 2.75) is 18.9 Å². The molecule has 0 fully saturated rings. The van der Waals surface area contributed by atoms with Gasteiger partial charge in [-0.1, -0.05) is 25.6 Å². The van der Waals surface area contributed by atoms with Gasteiger partial charge >= 0.3 is 6.03 Å². The third-order valence-electron chi connectivity index (χ3n) is 2.47. The van der Waals surface area contributed by atoms with Crippen LogP contribution < -0.4 is 10.6 Å². The zero-order valence-electron chi connectivity index (χ0n) is 11.8. The van der Waals surface area contributed by atoms with Gasteiger partial charge in [0.1, 0.15) is 11.4 Å². The lowest BCUT2D eigenvalue weighted by molar-refractivity contribution is -0.117. The van der Waals surface area contributed by atoms with Crippen LogP contribution in [0.25, 0.3) is 10.2 Å². The van der Waals surface area contributed by atoms with Crippen molar-refractivity contribution in [1.82, 2.24) is 20.6 Å². The maximum Gasteiger partial charge on any atom is 0.321 e. The van der Waals surface area contributed by atoms with E-state index in [-0.39, 0.29) is 11.7 Å². The summed E-state index contributed by atoms with van der Waals surface area (Å²) in [5, 5.41) is 7.62. The third-order valence-corrected chi connectivity index (χ3v) is 4.50. The molecule has 0 bridgehead atoms. The van der Waals surface area contributed by atoms with E-state index in [1.54, 1.807) is 0 Å². The first kappa shape index (κ1) is 15.7. The number of carbonyl (C=O) groups is 2. The molecule has 3 amide bonds. The van der Waals surface area contributed by atoms with Crippen LogP contribution in [0.2, 0.25) is 0 Å². The molecule has 2 aromatic rings. The summed E-state index contributed by atoms with van der Waals surface area (Å²) < 4.78 is 0.958. The molecule has 0 atom stereocenters. The van der Waals surface area contributed by atoms with E-state index in [1.807, 2.05) is 25.3 Å². The highest BCUT2D eigenvalue weighted by molar-refractivity contribution is 8.00. The van der Waals surface area contributed by atoms with E-state index in [0.29, 0.717) is 12.5 Å². The molecule has 0 aliphatic rings. The van der Waals surface area contributed by atoms with Crippen LogP contribution >= 0.6 is 23.1 Å². The van der Waals surface area contributed by atoms with Crippen LogP contribution in [-0.2, 0) is 4.79 Å². The Morgan fingerprint density at radius 1 is 1.38 bits per heavy atom. The summed E-state index contributed by atoms with van der Waals surface area (Å²) in [4.78, 5) is 31.5. The fraction of sp³-hybridized carbons (Fsp3) is 0.385. The molecule has 0 saturated carbocycles. The van der Waals surface area contributed by atoms with Gasteiger partial charge in [0, 0.05) is 6.54 Å². The first-order valence-electron chi connectivity index (χ1n) is 6.45. The molecule has 0 unspecified atom stereocenters. The summed E-state index contributed by atoms with van der Waals surface area (Å²) in [7, 11) is 0. The van der Waals surface area contributed by atoms with Crippen LogP contribution in [0.3, 0.4) is 0 Å². The third kappa shape index (κ3) is 4.68. The number of fused-ring (bicyclic) bond motifs is 1. The first-order chi connectivity index (χ1) is 10.1. The van der Waals surface area contributed by atoms with Crippen molar-refractivity contribution >= 4 is 45.3 Å². The summed E-state index contributed by atoms with van der Waals surface area (Å²) in [6, 6.07) is 1.45. The SMILES string of the molecule is CC(C)CNC(=O)NC(=O)CSc1ncnc2ccsc12. The number of aromatic nitrogens is 2. The summed E-state index contributed by atoms with van der Waals surface area (Å²) in [5.41, 5.74) is 0.868. The van der Waals surface area contributed by atoms with Crippen molar-refractivity contribution in [1.29, 1.82) is 0 Å². The van der Waals surface area contributed by atoms with Gasteiger partial charge in [-0.2, -0.15) is 0 Å². The molecule has 0 spiro atoms. The van der Waals surface area contributed by atoms with Crippen LogP contribution in [0.4, 0.5) is 4.79 Å². The largest absolute Gasteiger partial charge is 0.338 e. The Labute approximate surface area is 130 Å². The van der Waals surface area contributed by atoms with Crippen molar-refractivity contribution in [3.05, 3.63) is 17.8 Å². The normalized spacial score (nSPS) is 10.8. The molecule has 112 valence electrons. The molecule has 2 N–H and O–H groups in total. The maximum atomic E-state index is 11.7. The first-order valence-corrected chi connectivity index (χ1v) is 8.31. The summed E-state index contributed by atoms with van der Waals surface area (Å²) in [5.74, 6) is 0.136. The predicted octanol–water partition coefficient (Wildman–Crippen LogP) is 2.27. The van der Waals surface area contributed by atoms with Crippen LogP contribution in [-0.4, -0.2) is 34.2 Å². The Morgan fingerprint density at radius 2 is 2.19 bits per heavy atom. The van der Waals surface area contributed by atoms with Crippen LogP contribution in [0.15, 0.2) is 22.8 Å². The zero-order chi connectivity index (χ0) is 15.2. The number of amides is 3. The van der Waals surface area contributed by atoms with E-state index < -0.39 is 6.03 Å². The average Bonchev–Trinajstić information content (AvgIpc) is 2.91. The second-order valence-corrected chi connectivity index (χ2v) is 6.63. The molecule has 2 heterocycles. The van der Waals surface area contributed by atoms with Crippen LogP contribution in [0.1, 0.15) is 13.8 Å². The van der Waals surface area contributed by atoms with Crippen LogP contribution in [0.5, 0.6) is 0 Å². The van der Waals surface area contributed by atoms with E-state index in [9.17, 15) is 9.59 Å². The van der Waals surface area contributed by atoms with Crippen molar-refractivity contribution in [3.63, 3.8) is 0 Å². The lowest BCUT2D eigenvalue weighted by Crippen LogP contribution is -2.41. The van der Waals surface area contributed by atoms with E-state index in [1.165, 1.54) is 29.4 Å². The molecule has 21 heavy (non-hydrogen) atoms. The summed E-state index contributed by atoms with van der Waals surface area (Å²) in [6.45, 7) is 4.51. The number of imide groups is 1. The molecular formula is C13H16N4O2S2. The van der Waals surface area contributed by atoms with Crippen molar-refractivity contribution in [3.8, 4) is 0 Å². The molecule has 0 aliphatic heterocycles. The van der Waals surface area contributed by atoms with E-state index in [0.717, 1.165) is 15.2 Å². The van der Waals surface area contributed by atoms with Crippen molar-refractivity contribution in [2.24, 2.45) is 5.92 Å². The Bertz CT molecular complexity index is 642. The number of carbonyl (C=O) groups excluding carboxylic acids is 2. The molecule has 2 aromatic heterocycles. The highest BCUT2D eigenvalue weighted by Crippen LogP contribution is 2.28. The lowest BCUT2D eigenvalue weighted by atomic mass is 10.2. The van der Waals surface area contributed by atoms with Gasteiger partial charge in [-0.25, -0.2) is 14.8 Å². The van der Waals surface area contributed by atoms with Gasteiger partial charge in [-0.15, -0.1) is 11.3 Å². The van der Waals surface area contributed by atoms with Crippen LogP contribution in [0, 0.1) is 5.92 Å². The van der Waals surface area contributed by atoms with Gasteiger partial charge in [-0.05, 0) is 17.4 Å². The number of thioether (sulfide) groups is 1. The van der Waals surface area contributed by atoms with Gasteiger partial charge in [-0.3, -0.25) is 10.1 Å². The fourth-order valence-corrected chi connectivity index (χ4v) is 3.25. The minimum absolute atomic E-state index is 0.138. The highest BCUT2D eigenvalue weighted by atomic mass is 32.2. The Kier molecular flexibility index (Phi) is 5.51. The molecule has 0 aliphatic carbocycles. The minimum Gasteiger partial charge on any atom is -0.338 e. The Morgan fingerprint density at radius 3 is 2.95 bits per heavy atom. The van der Waals surface area contributed by atoms with Gasteiger partial charge < -0.3 is 5.32 Å². The smallest absolute Gasteiger partial charge is 0.321 e. The van der Waals surface area contributed by atoms with Crippen molar-refractivity contribution < 1.29 is 9.59 Å². The van der Waals surface area contributed by atoms with Gasteiger partial charge in [0.05, 0.1) is 16.0 Å². The monoisotopic (exact) mass is 324 g/mol. The number of hydrogen-bond donors (Lipinski definition) is 2. The molecule has 0 aromatic carbocycles. The topological polar surface area (TPSA) is 84.0 Å². The number of rotatable bonds is 5. The lowest BCUT2D eigenvalue weighted by Gasteiger charge is -2.08. The molecular weight excluding hydrogens is 308 g/mol. The number of urea groups is 1. The van der Waals surface area contributed by atoms with E-state index in [4.69, 9.17) is 0 Å². The number of hydrogen-bond acceptors (Lipinski definition) is 6. The molecule has 0 radical (unpaired) electrons. The summed E-state index contributed by atoms with van der Waals surface area (Å²) in [6.07, 6.45) is 1.48. The second-order valence-electron chi connectivity index (χ2n) is 4.75.